The second kappa shape index (κ2) is 8.14. The number of hydroxylamine groups is 1. The van der Waals surface area contributed by atoms with E-state index in [0.29, 0.717) is 5.56 Å². The first-order valence-corrected chi connectivity index (χ1v) is 5.36. The summed E-state index contributed by atoms with van der Waals surface area (Å²) in [5, 5.41) is 17.8. The average Bonchev–Trinajstić information content (AvgIpc) is 2.47. The van der Waals surface area contributed by atoms with Crippen molar-refractivity contribution in [3.05, 3.63) is 47.0 Å². The Hall–Kier alpha value is -3.03. The summed E-state index contributed by atoms with van der Waals surface area (Å²) in [6.45, 7) is 0. The van der Waals surface area contributed by atoms with Gasteiger partial charge in [-0.15, -0.1) is 0 Å². The zero-order valence-corrected chi connectivity index (χ0v) is 10.5. The molecule has 0 spiro atoms. The lowest BCUT2D eigenvalue weighted by atomic mass is 10.2. The van der Waals surface area contributed by atoms with Gasteiger partial charge in [0.15, 0.2) is 11.4 Å². The fraction of sp³-hybridized carbons (Fsp3) is 0.0769. The van der Waals surface area contributed by atoms with Crippen molar-refractivity contribution in [3.63, 3.8) is 0 Å². The van der Waals surface area contributed by atoms with Gasteiger partial charge in [0, 0.05) is 6.21 Å². The van der Waals surface area contributed by atoms with Gasteiger partial charge >= 0.3 is 0 Å². The van der Waals surface area contributed by atoms with E-state index in [0.717, 1.165) is 6.34 Å². The fourth-order valence-corrected chi connectivity index (χ4v) is 1.12. The van der Waals surface area contributed by atoms with E-state index in [-0.39, 0.29) is 17.2 Å². The second-order valence-electron chi connectivity index (χ2n) is 3.31. The molecule has 0 unspecified atom stereocenters. The quantitative estimate of drug-likeness (QED) is 0.381. The van der Waals surface area contributed by atoms with Gasteiger partial charge in [-0.3, -0.25) is 10.3 Å². The van der Waals surface area contributed by atoms with Gasteiger partial charge in [-0.25, -0.2) is 14.4 Å². The number of rotatable bonds is 5. The zero-order valence-electron chi connectivity index (χ0n) is 10.5. The third-order valence-corrected chi connectivity index (χ3v) is 2.01. The molecule has 1 aromatic carbocycles. The third-order valence-electron chi connectivity index (χ3n) is 2.01. The predicted molar refractivity (Wildman–Crippen MR) is 70.9 cm³/mol. The van der Waals surface area contributed by atoms with Crippen LogP contribution in [0.15, 0.2) is 45.6 Å². The summed E-state index contributed by atoms with van der Waals surface area (Å²) < 4.78 is 12.7. The van der Waals surface area contributed by atoms with Gasteiger partial charge in [-0.05, 0) is 17.7 Å². The molecule has 20 heavy (non-hydrogen) atoms. The lowest BCUT2D eigenvalue weighted by molar-refractivity contribution is 0.148. The molecule has 100 valence electrons. The highest BCUT2D eigenvalue weighted by molar-refractivity contribution is 5.80. The zero-order chi connectivity index (χ0) is 14.8. The van der Waals surface area contributed by atoms with Crippen LogP contribution in [0.2, 0.25) is 0 Å². The van der Waals surface area contributed by atoms with Gasteiger partial charge in [0.25, 0.3) is 0 Å². The summed E-state index contributed by atoms with van der Waals surface area (Å²) in [5.74, 6) is -0.369. The van der Waals surface area contributed by atoms with Crippen molar-refractivity contribution in [1.82, 2.24) is 5.48 Å². The normalized spacial score (nSPS) is 12.0. The molecular weight excluding hydrogens is 261 g/mol. The minimum atomic E-state index is -0.369. The molecule has 0 aliphatic carbocycles. The molecule has 7 heteroatoms. The Morgan fingerprint density at radius 3 is 2.35 bits per heavy atom. The maximum Gasteiger partial charge on any atom is 0.178 e. The minimum absolute atomic E-state index is 0.161. The molecule has 1 N–H and O–H groups in total. The van der Waals surface area contributed by atoms with Gasteiger partial charge in [0.05, 0.1) is 7.11 Å². The van der Waals surface area contributed by atoms with E-state index < -0.39 is 0 Å². The number of hydrogen-bond acceptors (Lipinski definition) is 5. The van der Waals surface area contributed by atoms with Gasteiger partial charge in [-0.1, -0.05) is 12.1 Å². The van der Waals surface area contributed by atoms with Crippen LogP contribution in [0, 0.1) is 28.5 Å². The summed E-state index contributed by atoms with van der Waals surface area (Å²) in [4.78, 5) is 12.1. The Kier molecular flexibility index (Phi) is 6.12. The fourth-order valence-electron chi connectivity index (χ4n) is 1.12. The van der Waals surface area contributed by atoms with E-state index in [2.05, 4.69) is 20.3 Å². The molecule has 0 bridgehead atoms. The van der Waals surface area contributed by atoms with Crippen molar-refractivity contribution in [1.29, 1.82) is 10.5 Å². The molecule has 0 saturated heterocycles. The first kappa shape index (κ1) is 15.0. The smallest absolute Gasteiger partial charge is 0.178 e. The van der Waals surface area contributed by atoms with Crippen LogP contribution in [0.5, 0.6) is 0 Å². The summed E-state index contributed by atoms with van der Waals surface area (Å²) >= 11 is 0. The molecule has 6 nitrogen and oxygen atoms in total. The molecule has 0 aliphatic heterocycles. The number of nitrogens with zero attached hydrogens (tertiary/aromatic N) is 4. The minimum Gasteiger partial charge on any atom is -0.279 e. The number of benzene rings is 1. The summed E-state index contributed by atoms with van der Waals surface area (Å²) in [7, 11) is 1.37. The lowest BCUT2D eigenvalue weighted by Gasteiger charge is -1.95. The Morgan fingerprint density at radius 1 is 1.20 bits per heavy atom. The predicted octanol–water partition coefficient (Wildman–Crippen LogP) is 1.68. The molecule has 0 fully saturated rings. The molecule has 1 rings (SSSR count). The van der Waals surface area contributed by atoms with Crippen molar-refractivity contribution < 1.29 is 9.23 Å². The first-order valence-electron chi connectivity index (χ1n) is 5.36. The Balaban J connectivity index is 2.97. The monoisotopic (exact) mass is 271 g/mol. The van der Waals surface area contributed by atoms with Gasteiger partial charge in [0.1, 0.15) is 24.3 Å². The Bertz CT molecular complexity index is 620. The van der Waals surface area contributed by atoms with Crippen LogP contribution in [0.25, 0.3) is 0 Å². The average molecular weight is 271 g/mol. The van der Waals surface area contributed by atoms with E-state index in [4.69, 9.17) is 10.5 Å². The van der Waals surface area contributed by atoms with Crippen molar-refractivity contribution in [2.45, 2.75) is 0 Å². The van der Waals surface area contributed by atoms with Crippen LogP contribution in [-0.2, 0) is 4.84 Å². The van der Waals surface area contributed by atoms with Crippen molar-refractivity contribution in [2.24, 2.45) is 9.98 Å². The number of halogens is 1. The van der Waals surface area contributed by atoms with Crippen LogP contribution >= 0.6 is 0 Å². The van der Waals surface area contributed by atoms with Crippen molar-refractivity contribution in [3.8, 4) is 12.1 Å². The van der Waals surface area contributed by atoms with E-state index >= 15 is 0 Å². The lowest BCUT2D eigenvalue weighted by Crippen LogP contribution is -2.07. The molecule has 1 aromatic rings. The Labute approximate surface area is 115 Å². The van der Waals surface area contributed by atoms with Crippen LogP contribution in [0.4, 0.5) is 4.39 Å². The van der Waals surface area contributed by atoms with E-state index in [1.165, 1.54) is 37.6 Å². The number of nitrogens with one attached hydrogen (secondary N) is 1. The largest absolute Gasteiger partial charge is 0.279 e. The van der Waals surface area contributed by atoms with Crippen LogP contribution in [0.1, 0.15) is 5.56 Å². The summed E-state index contributed by atoms with van der Waals surface area (Å²) in [6.07, 6.45) is 2.46. The molecule has 0 amide bonds. The summed E-state index contributed by atoms with van der Waals surface area (Å²) in [5.41, 5.74) is 2.55. The van der Waals surface area contributed by atoms with E-state index in [9.17, 15) is 4.39 Å². The highest BCUT2D eigenvalue weighted by Crippen LogP contribution is 2.07. The molecule has 0 atom stereocenters. The highest BCUT2D eigenvalue weighted by Gasteiger charge is 2.02. The Morgan fingerprint density at radius 2 is 1.80 bits per heavy atom. The first-order chi connectivity index (χ1) is 9.71. The van der Waals surface area contributed by atoms with E-state index in [1.54, 1.807) is 12.1 Å². The third kappa shape index (κ3) is 4.69. The van der Waals surface area contributed by atoms with Gasteiger partial charge in [0.2, 0.25) is 0 Å². The number of hydrogen-bond donors (Lipinski definition) is 1. The maximum atomic E-state index is 12.7. The van der Waals surface area contributed by atoms with Crippen LogP contribution < -0.4 is 5.48 Å². The highest BCUT2D eigenvalue weighted by atomic mass is 19.1. The summed E-state index contributed by atoms with van der Waals surface area (Å²) in [6, 6.07) is 9.04. The van der Waals surface area contributed by atoms with Gasteiger partial charge in [-0.2, -0.15) is 10.5 Å². The molecule has 0 saturated carbocycles. The number of allylic oxidation sites excluding steroid dienone is 2. The molecular formula is C13H10FN5O. The topological polar surface area (TPSA) is 93.6 Å². The molecule has 0 aromatic heterocycles. The standard InChI is InChI=1S/C13H10FN5O/c1-20-19-9-18-13(7-16)12(6-15)17-8-10-2-4-11(14)5-3-10/h2-5,8-9H,1H3,(H,18,19)/b13-12-,17-8?. The molecule has 0 heterocycles. The second-order valence-corrected chi connectivity index (χ2v) is 3.31. The van der Waals surface area contributed by atoms with E-state index in [1.807, 2.05) is 0 Å². The molecule has 0 aliphatic rings. The number of aliphatic imine (C=N–C) groups is 2. The SMILES string of the molecule is CONC=N/C(C#N)=C(/C#N)N=Cc1ccc(F)cc1. The number of nitriles is 2. The molecule has 0 radical (unpaired) electrons. The van der Waals surface area contributed by atoms with Crippen molar-refractivity contribution in [2.75, 3.05) is 7.11 Å². The van der Waals surface area contributed by atoms with Gasteiger partial charge < -0.3 is 0 Å². The van der Waals surface area contributed by atoms with Crippen LogP contribution in [0.3, 0.4) is 0 Å². The van der Waals surface area contributed by atoms with Crippen LogP contribution in [-0.4, -0.2) is 19.7 Å². The maximum absolute atomic E-state index is 12.7. The van der Waals surface area contributed by atoms with Crippen molar-refractivity contribution >= 4 is 12.6 Å².